The maximum absolute atomic E-state index is 3.65. The van der Waals surface area contributed by atoms with Gasteiger partial charge in [0.2, 0.25) is 0 Å². The van der Waals surface area contributed by atoms with Crippen molar-refractivity contribution < 1.29 is 0 Å². The molecular weight excluding hydrogens is 657 g/mol. The van der Waals surface area contributed by atoms with Gasteiger partial charge in [0.1, 0.15) is 0 Å². The Morgan fingerprint density at radius 1 is 0.608 bits per heavy atom. The number of dihydropyridines is 1. The first-order valence-electron chi connectivity index (χ1n) is 17.6. The first-order chi connectivity index (χ1) is 25.3. The van der Waals surface area contributed by atoms with Gasteiger partial charge in [0.15, 0.2) is 0 Å². The summed E-state index contributed by atoms with van der Waals surface area (Å²) >= 11 is 3.83. The van der Waals surface area contributed by atoms with Crippen LogP contribution in [0.1, 0.15) is 12.0 Å². The van der Waals surface area contributed by atoms with Gasteiger partial charge in [-0.15, -0.1) is 0 Å². The monoisotopic (exact) mass is 690 g/mol. The van der Waals surface area contributed by atoms with E-state index in [2.05, 4.69) is 180 Å². The van der Waals surface area contributed by atoms with E-state index in [1.165, 1.54) is 86.2 Å². The van der Waals surface area contributed by atoms with Gasteiger partial charge in [0.25, 0.3) is 0 Å². The van der Waals surface area contributed by atoms with E-state index in [0.717, 1.165) is 13.0 Å². The lowest BCUT2D eigenvalue weighted by molar-refractivity contribution is 0.676. The Bertz CT molecular complexity index is 2620. The first kappa shape index (κ1) is 30.4. The third-order valence-electron chi connectivity index (χ3n) is 10.2. The van der Waals surface area contributed by atoms with Crippen LogP contribution < -0.4 is 5.32 Å². The second-order valence-electron chi connectivity index (χ2n) is 13.2. The van der Waals surface area contributed by atoms with Crippen LogP contribution in [0.25, 0.3) is 55.3 Å². The number of allylic oxidation sites excluding steroid dienone is 6. The summed E-state index contributed by atoms with van der Waals surface area (Å²) in [5.41, 5.74) is 12.6. The van der Waals surface area contributed by atoms with Crippen molar-refractivity contribution in [3.63, 3.8) is 0 Å². The summed E-state index contributed by atoms with van der Waals surface area (Å²) in [6.07, 6.45) is 12.4. The lowest BCUT2D eigenvalue weighted by Crippen LogP contribution is -2.22. The fraction of sp³-hybridized carbons (Fsp3) is 0.0638. The number of nitrogens with one attached hydrogen (secondary N) is 1. The van der Waals surface area contributed by atoms with E-state index in [1.54, 1.807) is 0 Å². The Morgan fingerprint density at radius 3 is 2.14 bits per heavy atom. The number of fused-ring (bicyclic) bond motifs is 8. The minimum atomic E-state index is 0.296. The molecule has 51 heavy (non-hydrogen) atoms. The van der Waals surface area contributed by atoms with Crippen LogP contribution in [-0.2, 0) is 0 Å². The smallest absolute Gasteiger partial charge is 0.0547 e. The maximum atomic E-state index is 3.65. The number of nitrogens with zero attached hydrogens (tertiary/aromatic N) is 1. The average Bonchev–Trinajstić information content (AvgIpc) is 3.53. The molecule has 1 atom stereocenters. The molecule has 3 aliphatic rings. The minimum absolute atomic E-state index is 0.296. The minimum Gasteiger partial charge on any atom is -0.384 e. The zero-order valence-electron chi connectivity index (χ0n) is 27.9. The van der Waals surface area contributed by atoms with E-state index < -0.39 is 0 Å². The normalized spacial score (nSPS) is 16.5. The summed E-state index contributed by atoms with van der Waals surface area (Å²) in [5, 5.41) is 6.19. The number of rotatable bonds is 3. The number of benzene rings is 6. The van der Waals surface area contributed by atoms with Gasteiger partial charge < -0.3 is 9.88 Å². The molecule has 4 heteroatoms. The van der Waals surface area contributed by atoms with Crippen LogP contribution >= 0.6 is 23.5 Å². The Hall–Kier alpha value is -5.42. The van der Waals surface area contributed by atoms with Crippen LogP contribution in [0.3, 0.4) is 0 Å². The Morgan fingerprint density at radius 2 is 1.31 bits per heavy atom. The molecule has 10 rings (SSSR count). The fourth-order valence-corrected chi connectivity index (χ4v) is 10.3. The summed E-state index contributed by atoms with van der Waals surface area (Å²) in [6, 6.07) is 51.3. The quantitative estimate of drug-likeness (QED) is 0.199. The molecule has 0 fully saturated rings. The van der Waals surface area contributed by atoms with Crippen LogP contribution in [-0.4, -0.2) is 11.1 Å². The van der Waals surface area contributed by atoms with Gasteiger partial charge in [-0.2, -0.15) is 0 Å². The second-order valence-corrected chi connectivity index (χ2v) is 15.5. The van der Waals surface area contributed by atoms with Gasteiger partial charge in [-0.1, -0.05) is 145 Å². The van der Waals surface area contributed by atoms with Gasteiger partial charge in [-0.05, 0) is 87.7 Å². The van der Waals surface area contributed by atoms with Crippen LogP contribution in [0.4, 0.5) is 0 Å². The molecule has 3 heterocycles. The summed E-state index contributed by atoms with van der Waals surface area (Å²) in [4.78, 5) is 5.25. The fourth-order valence-electron chi connectivity index (χ4n) is 7.88. The number of aromatic nitrogens is 1. The predicted molar refractivity (Wildman–Crippen MR) is 217 cm³/mol. The van der Waals surface area contributed by atoms with Crippen LogP contribution in [0, 0.1) is 5.92 Å². The molecule has 2 aliphatic heterocycles. The molecular formula is C47H34N2S2. The molecule has 1 unspecified atom stereocenters. The molecule has 0 amide bonds. The van der Waals surface area contributed by atoms with Crippen LogP contribution in [0.2, 0.25) is 0 Å². The van der Waals surface area contributed by atoms with Crippen molar-refractivity contribution in [3.8, 4) is 27.9 Å². The number of hydrogen-bond acceptors (Lipinski definition) is 3. The van der Waals surface area contributed by atoms with Gasteiger partial charge >= 0.3 is 0 Å². The highest BCUT2D eigenvalue weighted by Gasteiger charge is 2.27. The van der Waals surface area contributed by atoms with E-state index in [1.807, 2.05) is 23.5 Å². The summed E-state index contributed by atoms with van der Waals surface area (Å²) in [7, 11) is 0. The third-order valence-corrected chi connectivity index (χ3v) is 12.6. The molecule has 0 radical (unpaired) electrons. The molecule has 2 nitrogen and oxygen atoms in total. The lowest BCUT2D eigenvalue weighted by atomic mass is 9.86. The zero-order valence-corrected chi connectivity index (χ0v) is 29.6. The summed E-state index contributed by atoms with van der Waals surface area (Å²) in [6.45, 7) is 0.876. The molecule has 0 spiro atoms. The van der Waals surface area contributed by atoms with Crippen molar-refractivity contribution in [2.24, 2.45) is 5.92 Å². The van der Waals surface area contributed by atoms with E-state index in [-0.39, 0.29) is 0 Å². The summed E-state index contributed by atoms with van der Waals surface area (Å²) in [5.74, 6) is 0.296. The number of para-hydroxylation sites is 2. The SMILES string of the molecule is C1=CCNC(C2C=CC3=C(C2)Sc2ccccc2-c2ccccc2Sc2cccc(-c4ccc5c6ccccc6n(-c6ccccc6)c5c4)c23)=C1. The Kier molecular flexibility index (Phi) is 7.59. The zero-order chi connectivity index (χ0) is 33.7. The van der Waals surface area contributed by atoms with Gasteiger partial charge in [0.05, 0.1) is 11.0 Å². The van der Waals surface area contributed by atoms with Crippen molar-refractivity contribution >= 4 is 50.9 Å². The highest BCUT2D eigenvalue weighted by Crippen LogP contribution is 2.52. The molecule has 0 saturated heterocycles. The topological polar surface area (TPSA) is 17.0 Å². The number of thioether (sulfide) groups is 1. The van der Waals surface area contributed by atoms with Gasteiger partial charge in [-0.3, -0.25) is 0 Å². The number of hydrogen-bond donors (Lipinski definition) is 1. The molecule has 0 bridgehead atoms. The maximum Gasteiger partial charge on any atom is 0.0547 e. The lowest BCUT2D eigenvalue weighted by Gasteiger charge is -2.29. The van der Waals surface area contributed by atoms with Crippen molar-refractivity contribution in [2.75, 3.05) is 6.54 Å². The third kappa shape index (κ3) is 5.29. The van der Waals surface area contributed by atoms with Crippen molar-refractivity contribution in [1.82, 2.24) is 9.88 Å². The highest BCUT2D eigenvalue weighted by atomic mass is 32.2. The molecule has 7 aromatic rings. The molecule has 6 aromatic carbocycles. The molecule has 1 aliphatic carbocycles. The average molecular weight is 691 g/mol. The van der Waals surface area contributed by atoms with Crippen molar-refractivity contribution in [2.45, 2.75) is 21.1 Å². The van der Waals surface area contributed by atoms with Crippen LogP contribution in [0.5, 0.6) is 0 Å². The molecule has 244 valence electrons. The van der Waals surface area contributed by atoms with E-state index in [4.69, 9.17) is 0 Å². The second kappa shape index (κ2) is 12.7. The van der Waals surface area contributed by atoms with Crippen LogP contribution in [0.15, 0.2) is 195 Å². The largest absolute Gasteiger partial charge is 0.384 e. The van der Waals surface area contributed by atoms with E-state index >= 15 is 0 Å². The standard InChI is InChI=1S/C47H34N2S2/c1-2-13-33(14-3-1)49-41-20-7-4-15-35(41)36-26-24-31(29-42(36)49)34-18-12-23-45-47(34)39-27-25-32(40-19-10-11-28-48-40)30-46(39)51-44-22-9-6-17-38(44)37-16-5-8-21-43(37)50-45/h1-27,29,32,48H,28,30H2. The van der Waals surface area contributed by atoms with Crippen molar-refractivity contribution in [1.29, 1.82) is 0 Å². The molecule has 0 saturated carbocycles. The highest BCUT2D eigenvalue weighted by molar-refractivity contribution is 8.03. The van der Waals surface area contributed by atoms with Gasteiger partial charge in [-0.25, -0.2) is 0 Å². The van der Waals surface area contributed by atoms with Gasteiger partial charge in [0, 0.05) is 54.9 Å². The first-order valence-corrected chi connectivity index (χ1v) is 19.2. The Balaban J connectivity index is 1.22. The molecule has 1 N–H and O–H groups in total. The Labute approximate surface area is 306 Å². The van der Waals surface area contributed by atoms with E-state index in [9.17, 15) is 0 Å². The molecule has 1 aromatic heterocycles. The predicted octanol–water partition coefficient (Wildman–Crippen LogP) is 12.7. The van der Waals surface area contributed by atoms with Crippen molar-refractivity contribution in [3.05, 3.63) is 186 Å². The van der Waals surface area contributed by atoms with E-state index in [0.29, 0.717) is 5.92 Å². The summed E-state index contributed by atoms with van der Waals surface area (Å²) < 4.78 is 2.42.